The largest absolute Gasteiger partial charge is 0.475 e. The van der Waals surface area contributed by atoms with Gasteiger partial charge in [0.2, 0.25) is 6.23 Å². The average Bonchev–Trinajstić information content (AvgIpc) is 3.06. The lowest BCUT2D eigenvalue weighted by atomic mass is 10.1. The Hall–Kier alpha value is -1.70. The lowest BCUT2D eigenvalue weighted by molar-refractivity contribution is -0.138. The van der Waals surface area contributed by atoms with E-state index in [1.165, 1.54) is 6.07 Å². The first kappa shape index (κ1) is 30.3. The van der Waals surface area contributed by atoms with E-state index in [0.29, 0.717) is 21.6 Å². The Kier molecular flexibility index (Phi) is 8.49. The highest BCUT2D eigenvalue weighted by Crippen LogP contribution is 2.58. The highest BCUT2D eigenvalue weighted by atomic mass is 35.5. The first-order valence-corrected chi connectivity index (χ1v) is 17.2. The Morgan fingerprint density at radius 2 is 2.03 bits per heavy atom. The van der Waals surface area contributed by atoms with Gasteiger partial charge in [-0.15, -0.1) is 0 Å². The summed E-state index contributed by atoms with van der Waals surface area (Å²) in [5.74, 6) is -3.80. The van der Waals surface area contributed by atoms with Crippen molar-refractivity contribution >= 4 is 33.6 Å². The fourth-order valence-corrected chi connectivity index (χ4v) is 6.91. The maximum absolute atomic E-state index is 15.9. The molecule has 2 aromatic rings. The van der Waals surface area contributed by atoms with Crippen molar-refractivity contribution in [3.05, 3.63) is 57.6 Å². The number of ether oxygens (including phenoxy) is 1. The van der Waals surface area contributed by atoms with Crippen LogP contribution in [0.15, 0.2) is 41.3 Å². The smallest absolute Gasteiger partial charge is 0.405 e. The molecule has 0 radical (unpaired) electrons. The quantitative estimate of drug-likeness (QED) is 0.311. The van der Waals surface area contributed by atoms with Gasteiger partial charge in [-0.05, 0) is 41.9 Å². The zero-order valence-electron chi connectivity index (χ0n) is 22.3. The Balaban J connectivity index is 1.59. The van der Waals surface area contributed by atoms with Gasteiger partial charge >= 0.3 is 19.4 Å². The molecule has 2 fully saturated rings. The molecule has 0 saturated carbocycles. The van der Waals surface area contributed by atoms with Crippen LogP contribution in [0.3, 0.4) is 0 Å². The van der Waals surface area contributed by atoms with Crippen LogP contribution in [0.1, 0.15) is 45.1 Å². The number of hydrogen-bond donors (Lipinski definition) is 1. The van der Waals surface area contributed by atoms with Crippen LogP contribution in [0.4, 0.5) is 14.6 Å². The van der Waals surface area contributed by atoms with E-state index in [9.17, 15) is 9.36 Å². The molecule has 0 spiro atoms. The molecule has 15 heteroatoms. The zero-order valence-corrected chi connectivity index (χ0v) is 25.0. The lowest BCUT2D eigenvalue weighted by Gasteiger charge is -2.40. The van der Waals surface area contributed by atoms with Crippen molar-refractivity contribution in [2.45, 2.75) is 75.8 Å². The molecule has 39 heavy (non-hydrogen) atoms. The van der Waals surface area contributed by atoms with E-state index in [1.807, 2.05) is 33.9 Å². The number of nitrogen functional groups attached to an aromatic ring is 1. The van der Waals surface area contributed by atoms with E-state index in [0.717, 1.165) is 6.20 Å². The highest BCUT2D eigenvalue weighted by molar-refractivity contribution is 7.48. The van der Waals surface area contributed by atoms with Gasteiger partial charge in [-0.1, -0.05) is 44.5 Å². The van der Waals surface area contributed by atoms with E-state index in [1.54, 1.807) is 24.3 Å². The molecule has 0 aliphatic carbocycles. The topological polar surface area (TPSA) is 124 Å². The molecule has 1 aromatic heterocycles. The Morgan fingerprint density at radius 3 is 2.67 bits per heavy atom. The third kappa shape index (κ3) is 6.46. The molecule has 1 unspecified atom stereocenters. The predicted octanol–water partition coefficient (Wildman–Crippen LogP) is 5.70. The van der Waals surface area contributed by atoms with Crippen molar-refractivity contribution < 1.29 is 36.1 Å². The molecule has 1 aromatic carbocycles. The number of nitrogens with two attached hydrogens (primary N) is 1. The van der Waals surface area contributed by atoms with E-state index >= 15 is 8.78 Å². The van der Waals surface area contributed by atoms with E-state index in [-0.39, 0.29) is 12.4 Å². The van der Waals surface area contributed by atoms with Crippen LogP contribution in [-0.4, -0.2) is 49.2 Å². The van der Waals surface area contributed by atoms with Crippen LogP contribution in [0.2, 0.25) is 23.2 Å². The number of alkyl halides is 2. The number of anilines is 1. The van der Waals surface area contributed by atoms with Gasteiger partial charge in [0.05, 0.1) is 19.3 Å². The first-order chi connectivity index (χ1) is 18.0. The van der Waals surface area contributed by atoms with Crippen LogP contribution >= 0.6 is 19.4 Å². The highest BCUT2D eigenvalue weighted by Gasteiger charge is 2.63. The van der Waals surface area contributed by atoms with Gasteiger partial charge in [0.15, 0.2) is 8.32 Å². The maximum Gasteiger partial charge on any atom is 0.475 e. The van der Waals surface area contributed by atoms with Crippen molar-refractivity contribution in [1.82, 2.24) is 9.55 Å². The number of benzene rings is 1. The van der Waals surface area contributed by atoms with Crippen molar-refractivity contribution in [2.24, 2.45) is 0 Å². The minimum absolute atomic E-state index is 0.0508. The first-order valence-electron chi connectivity index (χ1n) is 12.4. The molecule has 4 rings (SSSR count). The number of hydrogen-bond acceptors (Lipinski definition) is 9. The monoisotopic (exact) mass is 607 g/mol. The number of nitrogens with zero attached hydrogens (tertiary/aromatic N) is 2. The SMILES string of the molecule is CC(C)(C)[Si](C)(C)O[C@@H]1[C@@H](COP2(=O)OCC[C@H](c3cccc(Cl)c3)O2)O[C@@H](n2ccc(N)nc2=O)C1(F)F. The van der Waals surface area contributed by atoms with Gasteiger partial charge in [0.1, 0.15) is 18.0 Å². The Labute approximate surface area is 231 Å². The van der Waals surface area contributed by atoms with Crippen LogP contribution in [0.25, 0.3) is 0 Å². The number of rotatable bonds is 7. The van der Waals surface area contributed by atoms with Gasteiger partial charge in [-0.3, -0.25) is 18.1 Å². The zero-order chi connectivity index (χ0) is 28.8. The van der Waals surface area contributed by atoms with Gasteiger partial charge in [-0.25, -0.2) is 9.36 Å². The van der Waals surface area contributed by atoms with Crippen molar-refractivity contribution in [3.8, 4) is 0 Å². The van der Waals surface area contributed by atoms with Crippen LogP contribution < -0.4 is 11.4 Å². The fraction of sp³-hybridized carbons (Fsp3) is 0.583. The number of aromatic nitrogens is 2. The second-order valence-corrected chi connectivity index (χ2v) is 17.9. The van der Waals surface area contributed by atoms with Gasteiger partial charge in [0.25, 0.3) is 0 Å². The normalized spacial score (nSPS) is 29.4. The van der Waals surface area contributed by atoms with E-state index in [2.05, 4.69) is 4.98 Å². The second-order valence-electron chi connectivity index (χ2n) is 11.1. The number of halogens is 3. The van der Waals surface area contributed by atoms with Crippen molar-refractivity contribution in [2.75, 3.05) is 18.9 Å². The third-order valence-corrected chi connectivity index (χ3v) is 13.4. The van der Waals surface area contributed by atoms with Gasteiger partial charge in [0, 0.05) is 17.6 Å². The molecule has 0 amide bonds. The van der Waals surface area contributed by atoms with E-state index in [4.69, 9.17) is 40.1 Å². The molecule has 2 saturated heterocycles. The van der Waals surface area contributed by atoms with Gasteiger partial charge in [-0.2, -0.15) is 13.8 Å². The summed E-state index contributed by atoms with van der Waals surface area (Å²) in [6.07, 6.45) is -4.48. The molecule has 10 nitrogen and oxygen atoms in total. The number of phosphoric acid groups is 1. The van der Waals surface area contributed by atoms with Crippen LogP contribution in [0.5, 0.6) is 0 Å². The summed E-state index contributed by atoms with van der Waals surface area (Å²) in [5, 5.41) is 0.0580. The molecule has 5 atom stereocenters. The van der Waals surface area contributed by atoms with Crippen LogP contribution in [-0.2, 0) is 27.3 Å². The maximum atomic E-state index is 15.9. The summed E-state index contributed by atoms with van der Waals surface area (Å²) < 4.78 is 74.2. The Bertz CT molecular complexity index is 1310. The minimum atomic E-state index is -4.17. The predicted molar refractivity (Wildman–Crippen MR) is 143 cm³/mol. The molecule has 2 aliphatic heterocycles. The molecule has 3 heterocycles. The average molecular weight is 608 g/mol. The lowest BCUT2D eigenvalue weighted by Crippen LogP contribution is -2.52. The summed E-state index contributed by atoms with van der Waals surface area (Å²) in [4.78, 5) is 16.0. The van der Waals surface area contributed by atoms with Gasteiger partial charge < -0.3 is 14.9 Å². The van der Waals surface area contributed by atoms with E-state index < -0.39 is 63.9 Å². The summed E-state index contributed by atoms with van der Waals surface area (Å²) in [7, 11) is -6.96. The van der Waals surface area contributed by atoms with Crippen LogP contribution in [0, 0.1) is 0 Å². The summed E-state index contributed by atoms with van der Waals surface area (Å²) in [6.45, 7) is 8.79. The molecular formula is C24H33ClF2N3O7PSi. The number of phosphoric ester groups is 1. The van der Waals surface area contributed by atoms with Crippen molar-refractivity contribution in [1.29, 1.82) is 0 Å². The third-order valence-electron chi connectivity index (χ3n) is 7.19. The summed E-state index contributed by atoms with van der Waals surface area (Å²) in [5.41, 5.74) is 5.19. The van der Waals surface area contributed by atoms with Crippen molar-refractivity contribution in [3.63, 3.8) is 0 Å². The summed E-state index contributed by atoms with van der Waals surface area (Å²) in [6, 6.07) is 8.08. The second kappa shape index (κ2) is 10.9. The molecular weight excluding hydrogens is 575 g/mol. The molecule has 216 valence electrons. The Morgan fingerprint density at radius 1 is 1.31 bits per heavy atom. The standard InChI is InChI=1S/C24H33ClF2N3O7PSi/c1-23(2,3)39(4,5)37-20-18(35-21(24(20,26)27)30-11-9-19(28)29-22(30)31)14-34-38(32)33-12-10-17(36-38)15-7-6-8-16(25)13-15/h6-9,11,13,17-18,20-21H,10,12,14H2,1-5H3,(H2,28,29,31)/t17-,18-,20-,21-,38?/m1/s1. The summed E-state index contributed by atoms with van der Waals surface area (Å²) >= 11 is 6.07. The molecule has 2 N–H and O–H groups in total. The fourth-order valence-electron chi connectivity index (χ4n) is 4.02. The molecule has 0 bridgehead atoms. The minimum Gasteiger partial charge on any atom is -0.405 e. The molecule has 2 aliphatic rings.